The van der Waals surface area contributed by atoms with Crippen LogP contribution in [-0.2, 0) is 11.3 Å². The summed E-state index contributed by atoms with van der Waals surface area (Å²) in [7, 11) is 0. The Morgan fingerprint density at radius 2 is 2.04 bits per heavy atom. The van der Waals surface area contributed by atoms with Crippen LogP contribution in [0.4, 0.5) is 5.69 Å². The average Bonchev–Trinajstić information content (AvgIpc) is 3.09. The molecule has 0 saturated heterocycles. The monoisotopic (exact) mass is 392 g/mol. The minimum absolute atomic E-state index is 0.142. The lowest BCUT2D eigenvalue weighted by Gasteiger charge is -2.12. The van der Waals surface area contributed by atoms with Crippen LogP contribution in [0, 0.1) is 17.2 Å². The van der Waals surface area contributed by atoms with Crippen molar-refractivity contribution in [2.45, 2.75) is 25.5 Å². The third kappa shape index (κ3) is 4.96. The third-order valence-corrected chi connectivity index (χ3v) is 4.78. The van der Waals surface area contributed by atoms with Gasteiger partial charge in [0, 0.05) is 30.2 Å². The van der Waals surface area contributed by atoms with Gasteiger partial charge in [0.15, 0.2) is 11.0 Å². The topological polar surface area (TPSA) is 96.5 Å². The van der Waals surface area contributed by atoms with Crippen molar-refractivity contribution in [2.24, 2.45) is 5.92 Å². The highest BCUT2D eigenvalue weighted by Gasteiger charge is 2.16. The van der Waals surface area contributed by atoms with Crippen LogP contribution in [0.15, 0.2) is 53.9 Å². The smallest absolute Gasteiger partial charge is 0.234 e. The molecule has 1 amide bonds. The molecule has 0 atom stereocenters. The van der Waals surface area contributed by atoms with Gasteiger partial charge in [-0.1, -0.05) is 25.6 Å². The van der Waals surface area contributed by atoms with Gasteiger partial charge in [-0.2, -0.15) is 5.26 Å². The van der Waals surface area contributed by atoms with E-state index in [-0.39, 0.29) is 11.7 Å². The van der Waals surface area contributed by atoms with Crippen molar-refractivity contribution in [3.05, 3.63) is 54.4 Å². The predicted molar refractivity (Wildman–Crippen MR) is 109 cm³/mol. The number of hydrogen-bond acceptors (Lipinski definition) is 6. The largest absolute Gasteiger partial charge is 0.325 e. The molecule has 0 bridgehead atoms. The van der Waals surface area contributed by atoms with E-state index in [0.29, 0.717) is 22.3 Å². The Labute approximate surface area is 167 Å². The molecule has 7 nitrogen and oxygen atoms in total. The molecule has 0 saturated carbocycles. The molecule has 28 heavy (non-hydrogen) atoms. The molecule has 142 valence electrons. The van der Waals surface area contributed by atoms with Crippen LogP contribution < -0.4 is 5.32 Å². The Hall–Kier alpha value is -3.18. The number of hydrogen-bond donors (Lipinski definition) is 1. The van der Waals surface area contributed by atoms with E-state index < -0.39 is 0 Å². The van der Waals surface area contributed by atoms with Crippen molar-refractivity contribution in [3.8, 4) is 17.5 Å². The fourth-order valence-electron chi connectivity index (χ4n) is 2.59. The molecule has 1 N–H and O–H groups in total. The van der Waals surface area contributed by atoms with Gasteiger partial charge in [0.2, 0.25) is 5.91 Å². The molecule has 2 aromatic heterocycles. The first-order valence-electron chi connectivity index (χ1n) is 8.83. The molecule has 0 unspecified atom stereocenters. The van der Waals surface area contributed by atoms with Gasteiger partial charge in [-0.15, -0.1) is 10.2 Å². The number of rotatable bonds is 7. The van der Waals surface area contributed by atoms with Crippen LogP contribution in [0.1, 0.15) is 19.4 Å². The van der Waals surface area contributed by atoms with Gasteiger partial charge in [-0.05, 0) is 42.3 Å². The van der Waals surface area contributed by atoms with E-state index in [2.05, 4.69) is 40.4 Å². The first-order chi connectivity index (χ1) is 13.6. The summed E-state index contributed by atoms with van der Waals surface area (Å²) < 4.78 is 2.03. The fraction of sp³-hybridized carbons (Fsp3) is 0.250. The van der Waals surface area contributed by atoms with E-state index in [0.717, 1.165) is 17.9 Å². The molecule has 0 aliphatic heterocycles. The number of pyridine rings is 1. The van der Waals surface area contributed by atoms with E-state index in [4.69, 9.17) is 5.26 Å². The van der Waals surface area contributed by atoms with E-state index in [1.807, 2.05) is 16.7 Å². The number of aromatic nitrogens is 4. The Morgan fingerprint density at radius 3 is 2.68 bits per heavy atom. The second-order valence-corrected chi connectivity index (χ2v) is 7.52. The number of thioether (sulfide) groups is 1. The zero-order chi connectivity index (χ0) is 19.9. The Balaban J connectivity index is 1.70. The highest BCUT2D eigenvalue weighted by Crippen LogP contribution is 2.25. The van der Waals surface area contributed by atoms with E-state index >= 15 is 0 Å². The van der Waals surface area contributed by atoms with Crippen molar-refractivity contribution >= 4 is 23.4 Å². The van der Waals surface area contributed by atoms with Gasteiger partial charge >= 0.3 is 0 Å². The van der Waals surface area contributed by atoms with Crippen LogP contribution in [0.3, 0.4) is 0 Å². The molecule has 0 spiro atoms. The minimum atomic E-state index is -0.142. The zero-order valence-corrected chi connectivity index (χ0v) is 16.5. The van der Waals surface area contributed by atoms with Crippen LogP contribution in [0.25, 0.3) is 11.4 Å². The van der Waals surface area contributed by atoms with E-state index in [1.165, 1.54) is 11.8 Å². The van der Waals surface area contributed by atoms with Crippen molar-refractivity contribution < 1.29 is 4.79 Å². The summed E-state index contributed by atoms with van der Waals surface area (Å²) >= 11 is 1.34. The quantitative estimate of drug-likeness (QED) is 0.617. The number of anilines is 1. The third-order valence-electron chi connectivity index (χ3n) is 3.81. The van der Waals surface area contributed by atoms with E-state index in [1.54, 1.807) is 36.7 Å². The summed E-state index contributed by atoms with van der Waals surface area (Å²) in [5.41, 5.74) is 2.10. The Bertz CT molecular complexity index is 976. The lowest BCUT2D eigenvalue weighted by Crippen LogP contribution is -2.15. The number of benzene rings is 1. The second kappa shape index (κ2) is 9.15. The lowest BCUT2D eigenvalue weighted by atomic mass is 10.2. The molecule has 0 aliphatic carbocycles. The summed E-state index contributed by atoms with van der Waals surface area (Å²) in [5.74, 6) is 1.22. The van der Waals surface area contributed by atoms with Gasteiger partial charge in [-0.25, -0.2) is 0 Å². The number of carbonyl (C=O) groups is 1. The summed E-state index contributed by atoms with van der Waals surface area (Å²) in [5, 5.41) is 20.9. The molecule has 0 fully saturated rings. The maximum absolute atomic E-state index is 12.3. The molecule has 2 heterocycles. The summed E-state index contributed by atoms with van der Waals surface area (Å²) in [6, 6.07) is 12.6. The van der Waals surface area contributed by atoms with Gasteiger partial charge in [-0.3, -0.25) is 9.78 Å². The molecule has 3 rings (SSSR count). The maximum atomic E-state index is 12.3. The molecule has 0 radical (unpaired) electrons. The van der Waals surface area contributed by atoms with Crippen LogP contribution in [-0.4, -0.2) is 31.4 Å². The first-order valence-corrected chi connectivity index (χ1v) is 9.82. The number of nitrogens with one attached hydrogen (secondary N) is 1. The fourth-order valence-corrected chi connectivity index (χ4v) is 3.34. The van der Waals surface area contributed by atoms with Gasteiger partial charge in [0.1, 0.15) is 0 Å². The summed E-state index contributed by atoms with van der Waals surface area (Å²) in [6.07, 6.45) is 3.47. The second-order valence-electron chi connectivity index (χ2n) is 6.58. The number of carbonyl (C=O) groups excluding carboxylic acids is 1. The molecule has 1 aromatic carbocycles. The number of nitrogens with zero attached hydrogens (tertiary/aromatic N) is 5. The number of amides is 1. The lowest BCUT2D eigenvalue weighted by molar-refractivity contribution is -0.113. The van der Waals surface area contributed by atoms with Crippen LogP contribution in [0.5, 0.6) is 0 Å². The minimum Gasteiger partial charge on any atom is -0.325 e. The molecule has 3 aromatic rings. The molecular formula is C20H20N6OS. The van der Waals surface area contributed by atoms with Crippen molar-refractivity contribution in [2.75, 3.05) is 11.1 Å². The van der Waals surface area contributed by atoms with Gasteiger partial charge < -0.3 is 9.88 Å². The average molecular weight is 392 g/mol. The SMILES string of the molecule is CC(C)Cn1c(SCC(=O)Nc2ccc(C#N)cc2)nnc1-c1cccnc1. The molecular weight excluding hydrogens is 372 g/mol. The van der Waals surface area contributed by atoms with Crippen LogP contribution >= 0.6 is 11.8 Å². The Kier molecular flexibility index (Phi) is 6.40. The molecule has 0 aliphatic rings. The van der Waals surface area contributed by atoms with Crippen molar-refractivity contribution in [1.82, 2.24) is 19.7 Å². The highest BCUT2D eigenvalue weighted by molar-refractivity contribution is 7.99. The zero-order valence-electron chi connectivity index (χ0n) is 15.7. The predicted octanol–water partition coefficient (Wildman–Crippen LogP) is 3.60. The normalized spacial score (nSPS) is 10.6. The van der Waals surface area contributed by atoms with Gasteiger partial charge in [0.25, 0.3) is 0 Å². The van der Waals surface area contributed by atoms with Crippen molar-refractivity contribution in [3.63, 3.8) is 0 Å². The number of nitriles is 1. The Morgan fingerprint density at radius 1 is 1.25 bits per heavy atom. The van der Waals surface area contributed by atoms with Crippen LogP contribution in [0.2, 0.25) is 0 Å². The maximum Gasteiger partial charge on any atom is 0.234 e. The van der Waals surface area contributed by atoms with E-state index in [9.17, 15) is 4.79 Å². The summed E-state index contributed by atoms with van der Waals surface area (Å²) in [6.45, 7) is 4.99. The standard InChI is InChI=1S/C20H20N6OS/c1-14(2)12-26-19(16-4-3-9-22-11-16)24-25-20(26)28-13-18(27)23-17-7-5-15(10-21)6-8-17/h3-9,11,14H,12-13H2,1-2H3,(H,23,27). The summed E-state index contributed by atoms with van der Waals surface area (Å²) in [4.78, 5) is 16.4. The van der Waals surface area contributed by atoms with Gasteiger partial charge in [0.05, 0.1) is 17.4 Å². The first kappa shape index (κ1) is 19.6. The van der Waals surface area contributed by atoms with Crippen molar-refractivity contribution in [1.29, 1.82) is 5.26 Å². The highest BCUT2D eigenvalue weighted by atomic mass is 32.2. The molecule has 8 heteroatoms.